The highest BCUT2D eigenvalue weighted by Crippen LogP contribution is 2.38. The van der Waals surface area contributed by atoms with Gasteiger partial charge in [-0.05, 0) is 37.8 Å². The van der Waals surface area contributed by atoms with Crippen LogP contribution in [0, 0.1) is 17.5 Å². The van der Waals surface area contributed by atoms with Crippen LogP contribution in [0.4, 0.5) is 29.5 Å². The highest BCUT2D eigenvalue weighted by molar-refractivity contribution is 7.98. The average Bonchev–Trinajstić information content (AvgIpc) is 2.79. The molecule has 0 bridgehead atoms. The van der Waals surface area contributed by atoms with Gasteiger partial charge in [0.05, 0.1) is 10.6 Å². The third-order valence-corrected chi connectivity index (χ3v) is 5.33. The molecule has 0 atom stereocenters. The van der Waals surface area contributed by atoms with Crippen molar-refractivity contribution in [2.75, 3.05) is 16.9 Å². The molecule has 28 heavy (non-hydrogen) atoms. The van der Waals surface area contributed by atoms with Crippen LogP contribution < -0.4 is 10.6 Å². The summed E-state index contributed by atoms with van der Waals surface area (Å²) in [5, 5.41) is 0. The van der Waals surface area contributed by atoms with Crippen molar-refractivity contribution >= 4 is 35.2 Å². The molecular weight excluding hydrogens is 393 g/mol. The summed E-state index contributed by atoms with van der Waals surface area (Å²) in [7, 11) is 0. The summed E-state index contributed by atoms with van der Waals surface area (Å²) in [5.41, 5.74) is 4.11. The number of thioether (sulfide) groups is 1. The molecule has 2 aromatic rings. The first kappa shape index (κ1) is 20.0. The molecule has 3 amide bonds. The van der Waals surface area contributed by atoms with Crippen LogP contribution in [0.15, 0.2) is 29.3 Å². The number of nitrogens with zero attached hydrogens (tertiary/aromatic N) is 3. The third-order valence-electron chi connectivity index (χ3n) is 4.55. The van der Waals surface area contributed by atoms with Gasteiger partial charge in [-0.25, -0.2) is 27.8 Å². The van der Waals surface area contributed by atoms with Crippen molar-refractivity contribution in [2.24, 2.45) is 0 Å². The quantitative estimate of drug-likeness (QED) is 0.474. The number of urea groups is 1. The lowest BCUT2D eigenvalue weighted by Crippen LogP contribution is -2.43. The monoisotopic (exact) mass is 410 g/mol. The number of anilines is 2. The first-order valence-corrected chi connectivity index (χ1v) is 9.40. The number of benzene rings is 1. The molecule has 0 aliphatic carbocycles. The second-order valence-electron chi connectivity index (χ2n) is 6.70. The Morgan fingerprint density at radius 1 is 1.18 bits per heavy atom. The fourth-order valence-corrected chi connectivity index (χ4v) is 3.53. The highest BCUT2D eigenvalue weighted by Gasteiger charge is 2.52. The maximum absolute atomic E-state index is 14.5. The number of carbonyl (C=O) groups excluding carboxylic acids is 2. The van der Waals surface area contributed by atoms with Gasteiger partial charge in [-0.1, -0.05) is 0 Å². The van der Waals surface area contributed by atoms with Gasteiger partial charge >= 0.3 is 6.03 Å². The lowest BCUT2D eigenvalue weighted by molar-refractivity contribution is -0.123. The lowest BCUT2D eigenvalue weighted by atomic mass is 10.0. The largest absolute Gasteiger partial charge is 0.384 e. The van der Waals surface area contributed by atoms with Crippen molar-refractivity contribution in [2.45, 2.75) is 30.8 Å². The molecule has 2 heterocycles. The van der Waals surface area contributed by atoms with Gasteiger partial charge in [0.1, 0.15) is 17.2 Å². The highest BCUT2D eigenvalue weighted by atomic mass is 32.2. The number of amides is 3. The van der Waals surface area contributed by atoms with Gasteiger partial charge in [0.25, 0.3) is 5.91 Å². The Hall–Kier alpha value is -2.75. The zero-order valence-electron chi connectivity index (χ0n) is 15.3. The summed E-state index contributed by atoms with van der Waals surface area (Å²) in [6.45, 7) is 2.92. The summed E-state index contributed by atoms with van der Waals surface area (Å²) in [4.78, 5) is 30.7. The van der Waals surface area contributed by atoms with E-state index in [1.165, 1.54) is 37.3 Å². The molecule has 1 fully saturated rings. The predicted molar refractivity (Wildman–Crippen MR) is 99.3 cm³/mol. The number of rotatable bonds is 4. The number of nitrogens with two attached hydrogens (primary N) is 1. The Morgan fingerprint density at radius 3 is 2.46 bits per heavy atom. The van der Waals surface area contributed by atoms with Gasteiger partial charge in [0, 0.05) is 18.8 Å². The molecule has 0 unspecified atom stereocenters. The minimum Gasteiger partial charge on any atom is -0.384 e. The number of aromatic nitrogens is 1. The van der Waals surface area contributed by atoms with Crippen molar-refractivity contribution in [3.05, 3.63) is 47.4 Å². The molecule has 10 heteroatoms. The second kappa shape index (κ2) is 7.01. The molecule has 0 radical (unpaired) electrons. The minimum atomic E-state index is -1.46. The maximum atomic E-state index is 14.5. The lowest BCUT2D eigenvalue weighted by Gasteiger charge is -2.27. The number of halogens is 3. The van der Waals surface area contributed by atoms with E-state index in [1.807, 2.05) is 0 Å². The fourth-order valence-electron chi connectivity index (χ4n) is 3.00. The number of imide groups is 1. The summed E-state index contributed by atoms with van der Waals surface area (Å²) in [6, 6.07) is 2.91. The first-order valence-electron chi connectivity index (χ1n) is 8.17. The Labute approximate surface area is 163 Å². The van der Waals surface area contributed by atoms with Crippen LogP contribution in [0.1, 0.15) is 19.4 Å². The number of hydrogen-bond acceptors (Lipinski definition) is 5. The number of nitrogen functional groups attached to an aromatic ring is 1. The van der Waals surface area contributed by atoms with Crippen molar-refractivity contribution in [1.82, 2.24) is 9.88 Å². The number of carbonyl (C=O) groups is 2. The van der Waals surface area contributed by atoms with E-state index in [9.17, 15) is 22.8 Å². The van der Waals surface area contributed by atoms with Gasteiger partial charge < -0.3 is 10.6 Å². The summed E-state index contributed by atoms with van der Waals surface area (Å²) >= 11 is 0.686. The molecule has 3 rings (SSSR count). The minimum absolute atomic E-state index is 0.0176. The van der Waals surface area contributed by atoms with E-state index in [1.54, 1.807) is 6.07 Å². The second-order valence-corrected chi connectivity index (χ2v) is 7.51. The van der Waals surface area contributed by atoms with E-state index >= 15 is 0 Å². The smallest absolute Gasteiger partial charge is 0.332 e. The molecular formula is C18H17F3N4O2S. The molecule has 0 spiro atoms. The molecule has 1 saturated heterocycles. The Kier molecular flexibility index (Phi) is 5.00. The third kappa shape index (κ3) is 3.07. The predicted octanol–water partition coefficient (Wildman–Crippen LogP) is 3.55. The van der Waals surface area contributed by atoms with E-state index in [0.29, 0.717) is 28.3 Å². The molecule has 1 aromatic carbocycles. The van der Waals surface area contributed by atoms with Crippen molar-refractivity contribution in [3.8, 4) is 0 Å². The van der Waals surface area contributed by atoms with Gasteiger partial charge in [0.2, 0.25) is 0 Å². The van der Waals surface area contributed by atoms with Crippen LogP contribution in [-0.2, 0) is 11.3 Å². The van der Waals surface area contributed by atoms with Crippen LogP contribution in [0.3, 0.4) is 0 Å². The molecule has 6 nitrogen and oxygen atoms in total. The summed E-state index contributed by atoms with van der Waals surface area (Å²) < 4.78 is 42.9. The Morgan fingerprint density at radius 2 is 1.86 bits per heavy atom. The van der Waals surface area contributed by atoms with Crippen molar-refractivity contribution in [1.29, 1.82) is 0 Å². The molecule has 2 N–H and O–H groups in total. The van der Waals surface area contributed by atoms with Crippen LogP contribution in [0.5, 0.6) is 0 Å². The van der Waals surface area contributed by atoms with Crippen molar-refractivity contribution < 1.29 is 22.8 Å². The van der Waals surface area contributed by atoms with Gasteiger partial charge in [-0.3, -0.25) is 4.79 Å². The zero-order valence-corrected chi connectivity index (χ0v) is 16.1. The molecule has 1 aromatic heterocycles. The van der Waals surface area contributed by atoms with Crippen LogP contribution >= 0.6 is 11.8 Å². The fraction of sp³-hybridized carbons (Fsp3) is 0.278. The number of pyridine rings is 1. The van der Waals surface area contributed by atoms with E-state index < -0.39 is 45.5 Å². The standard InChI is InChI=1S/C18H17F3N4O2S/c1-18(2)16(26)25(11-7-10(19)15(28-3)14(21)13(11)20)17(27)24(18)8-9-4-5-23-12(22)6-9/h4-7H,8H2,1-3H3,(H2,22,23). The molecule has 0 saturated carbocycles. The summed E-state index contributed by atoms with van der Waals surface area (Å²) in [5.74, 6) is -4.53. The van der Waals surface area contributed by atoms with Gasteiger partial charge in [-0.2, -0.15) is 0 Å². The SMILES string of the molecule is CSc1c(F)cc(N2C(=O)N(Cc3ccnc(N)c3)C(C)(C)C2=O)c(F)c1F. The van der Waals surface area contributed by atoms with Crippen LogP contribution in [0.25, 0.3) is 0 Å². The zero-order chi connectivity index (χ0) is 20.8. The van der Waals surface area contributed by atoms with Crippen molar-refractivity contribution in [3.63, 3.8) is 0 Å². The van der Waals surface area contributed by atoms with E-state index in [-0.39, 0.29) is 12.4 Å². The Balaban J connectivity index is 2.05. The van der Waals surface area contributed by atoms with Gasteiger partial charge in [-0.15, -0.1) is 11.8 Å². The molecule has 1 aliphatic heterocycles. The summed E-state index contributed by atoms with van der Waals surface area (Å²) in [6.07, 6.45) is 2.83. The maximum Gasteiger partial charge on any atom is 0.332 e. The average molecular weight is 410 g/mol. The van der Waals surface area contributed by atoms with E-state index in [4.69, 9.17) is 5.73 Å². The van der Waals surface area contributed by atoms with Crippen LogP contribution in [0.2, 0.25) is 0 Å². The number of hydrogen-bond donors (Lipinski definition) is 1. The van der Waals surface area contributed by atoms with E-state index in [2.05, 4.69) is 4.98 Å². The normalized spacial score (nSPS) is 16.2. The first-order chi connectivity index (χ1) is 13.1. The molecule has 148 valence electrons. The topological polar surface area (TPSA) is 79.5 Å². The van der Waals surface area contributed by atoms with Crippen LogP contribution in [-0.4, -0.2) is 33.6 Å². The van der Waals surface area contributed by atoms with Gasteiger partial charge in [0.15, 0.2) is 11.6 Å². The Bertz CT molecular complexity index is 984. The molecule has 1 aliphatic rings. The van der Waals surface area contributed by atoms with E-state index in [0.717, 1.165) is 0 Å².